The number of fused-ring (bicyclic) bond motifs is 1. The topological polar surface area (TPSA) is 12.5 Å². The highest BCUT2D eigenvalue weighted by atomic mass is 16.5. The summed E-state index contributed by atoms with van der Waals surface area (Å²) in [5, 5.41) is 0. The van der Waals surface area contributed by atoms with Gasteiger partial charge in [-0.25, -0.2) is 0 Å². The van der Waals surface area contributed by atoms with Crippen LogP contribution in [0.15, 0.2) is 18.2 Å². The third-order valence-corrected chi connectivity index (χ3v) is 4.47. The lowest BCUT2D eigenvalue weighted by Crippen LogP contribution is -2.39. The molecule has 1 aliphatic heterocycles. The minimum Gasteiger partial charge on any atom is -0.497 e. The second-order valence-corrected chi connectivity index (χ2v) is 5.83. The molecule has 100 valence electrons. The maximum atomic E-state index is 5.37. The first-order chi connectivity index (χ1) is 8.52. The second kappa shape index (κ2) is 4.83. The maximum Gasteiger partial charge on any atom is 0.119 e. The first-order valence-electron chi connectivity index (χ1n) is 6.97. The standard InChI is InChI=1S/C16H25NO/c1-6-7-10-17-12(2)16(3,4)14-11-13(18-5)8-9-15(14)17/h8-9,11-12H,6-7,10H2,1-5H3. The number of ether oxygens (including phenoxy) is 1. The monoisotopic (exact) mass is 247 g/mol. The number of anilines is 1. The number of rotatable bonds is 4. The molecule has 0 amide bonds. The molecular weight excluding hydrogens is 222 g/mol. The van der Waals surface area contributed by atoms with Gasteiger partial charge in [0.15, 0.2) is 0 Å². The van der Waals surface area contributed by atoms with Crippen LogP contribution in [0.2, 0.25) is 0 Å². The number of methoxy groups -OCH3 is 1. The number of hydrogen-bond acceptors (Lipinski definition) is 2. The zero-order valence-electron chi connectivity index (χ0n) is 12.3. The smallest absolute Gasteiger partial charge is 0.119 e. The molecular formula is C16H25NO. The van der Waals surface area contributed by atoms with Gasteiger partial charge in [-0.1, -0.05) is 27.2 Å². The first-order valence-corrected chi connectivity index (χ1v) is 6.97. The predicted octanol–water partition coefficient (Wildman–Crippen LogP) is 3.98. The van der Waals surface area contributed by atoms with Crippen molar-refractivity contribution in [2.24, 2.45) is 0 Å². The lowest BCUT2D eigenvalue weighted by Gasteiger charge is -2.31. The Morgan fingerprint density at radius 3 is 2.67 bits per heavy atom. The van der Waals surface area contributed by atoms with Crippen molar-refractivity contribution in [3.8, 4) is 5.75 Å². The van der Waals surface area contributed by atoms with E-state index in [0.717, 1.165) is 12.3 Å². The van der Waals surface area contributed by atoms with E-state index in [9.17, 15) is 0 Å². The molecule has 1 unspecified atom stereocenters. The Morgan fingerprint density at radius 2 is 2.06 bits per heavy atom. The molecule has 0 aliphatic carbocycles. The van der Waals surface area contributed by atoms with Gasteiger partial charge in [0.1, 0.15) is 5.75 Å². The number of unbranched alkanes of at least 4 members (excludes halogenated alkanes) is 1. The van der Waals surface area contributed by atoms with Crippen LogP contribution in [-0.4, -0.2) is 19.7 Å². The van der Waals surface area contributed by atoms with Crippen LogP contribution < -0.4 is 9.64 Å². The molecule has 2 heteroatoms. The minimum absolute atomic E-state index is 0.192. The predicted molar refractivity (Wildman–Crippen MR) is 77.7 cm³/mol. The van der Waals surface area contributed by atoms with Crippen LogP contribution >= 0.6 is 0 Å². The zero-order valence-corrected chi connectivity index (χ0v) is 12.3. The highest BCUT2D eigenvalue weighted by molar-refractivity contribution is 5.65. The fraction of sp³-hybridized carbons (Fsp3) is 0.625. The largest absolute Gasteiger partial charge is 0.497 e. The average molecular weight is 247 g/mol. The molecule has 1 aromatic carbocycles. The molecule has 18 heavy (non-hydrogen) atoms. The summed E-state index contributed by atoms with van der Waals surface area (Å²) < 4.78 is 5.37. The normalized spacial score (nSPS) is 20.9. The second-order valence-electron chi connectivity index (χ2n) is 5.83. The molecule has 0 N–H and O–H groups in total. The van der Waals surface area contributed by atoms with Gasteiger partial charge in [0.2, 0.25) is 0 Å². The van der Waals surface area contributed by atoms with Crippen molar-refractivity contribution < 1.29 is 4.74 Å². The number of nitrogens with zero attached hydrogens (tertiary/aromatic N) is 1. The number of benzene rings is 1. The molecule has 0 fully saturated rings. The van der Waals surface area contributed by atoms with Crippen LogP contribution in [0.3, 0.4) is 0 Å². The molecule has 0 saturated carbocycles. The zero-order chi connectivity index (χ0) is 13.3. The molecule has 1 aromatic rings. The highest BCUT2D eigenvalue weighted by Gasteiger charge is 2.41. The van der Waals surface area contributed by atoms with Gasteiger partial charge >= 0.3 is 0 Å². The Hall–Kier alpha value is -1.18. The minimum atomic E-state index is 0.192. The molecule has 0 bridgehead atoms. The fourth-order valence-corrected chi connectivity index (χ4v) is 2.87. The van der Waals surface area contributed by atoms with E-state index >= 15 is 0 Å². The van der Waals surface area contributed by atoms with Crippen LogP contribution in [0.4, 0.5) is 5.69 Å². The van der Waals surface area contributed by atoms with E-state index in [0.29, 0.717) is 6.04 Å². The Balaban J connectivity index is 2.40. The third-order valence-electron chi connectivity index (χ3n) is 4.47. The summed E-state index contributed by atoms with van der Waals surface area (Å²) in [5.41, 5.74) is 3.00. The SMILES string of the molecule is CCCCN1c2ccc(OC)cc2C(C)(C)C1C. The van der Waals surface area contributed by atoms with Crippen molar-refractivity contribution in [3.63, 3.8) is 0 Å². The lowest BCUT2D eigenvalue weighted by atomic mass is 9.81. The van der Waals surface area contributed by atoms with Crippen LogP contribution in [0, 0.1) is 0 Å². The summed E-state index contributed by atoms with van der Waals surface area (Å²) in [6, 6.07) is 7.05. The van der Waals surface area contributed by atoms with Gasteiger partial charge in [-0.3, -0.25) is 0 Å². The van der Waals surface area contributed by atoms with E-state index < -0.39 is 0 Å². The van der Waals surface area contributed by atoms with Crippen molar-refractivity contribution in [2.45, 2.75) is 52.0 Å². The van der Waals surface area contributed by atoms with Crippen LogP contribution in [-0.2, 0) is 5.41 Å². The van der Waals surface area contributed by atoms with E-state index in [-0.39, 0.29) is 5.41 Å². The maximum absolute atomic E-state index is 5.37. The van der Waals surface area contributed by atoms with Crippen LogP contribution in [0.1, 0.15) is 46.1 Å². The molecule has 0 aromatic heterocycles. The number of hydrogen-bond donors (Lipinski definition) is 0. The summed E-state index contributed by atoms with van der Waals surface area (Å²) in [4.78, 5) is 2.55. The van der Waals surface area contributed by atoms with Crippen molar-refractivity contribution in [1.82, 2.24) is 0 Å². The Bertz CT molecular complexity index is 425. The van der Waals surface area contributed by atoms with E-state index in [2.05, 4.69) is 50.8 Å². The summed E-state index contributed by atoms with van der Waals surface area (Å²) in [5.74, 6) is 0.964. The summed E-state index contributed by atoms with van der Waals surface area (Å²) >= 11 is 0. The van der Waals surface area contributed by atoms with E-state index in [4.69, 9.17) is 4.74 Å². The van der Waals surface area contributed by atoms with Crippen molar-refractivity contribution >= 4 is 5.69 Å². The lowest BCUT2D eigenvalue weighted by molar-refractivity contribution is 0.409. The van der Waals surface area contributed by atoms with E-state index in [1.165, 1.54) is 24.1 Å². The van der Waals surface area contributed by atoms with Crippen molar-refractivity contribution in [2.75, 3.05) is 18.6 Å². The molecule has 2 rings (SSSR count). The Labute approximate surface area is 111 Å². The van der Waals surface area contributed by atoms with E-state index in [1.807, 2.05) is 0 Å². The van der Waals surface area contributed by atoms with Crippen molar-refractivity contribution in [3.05, 3.63) is 23.8 Å². The Kier molecular flexibility index (Phi) is 3.56. The van der Waals surface area contributed by atoms with Gasteiger partial charge in [-0.15, -0.1) is 0 Å². The van der Waals surface area contributed by atoms with Gasteiger partial charge in [0, 0.05) is 23.7 Å². The summed E-state index contributed by atoms with van der Waals surface area (Å²) in [7, 11) is 1.74. The average Bonchev–Trinajstić information content (AvgIpc) is 2.56. The molecule has 0 spiro atoms. The molecule has 1 atom stereocenters. The van der Waals surface area contributed by atoms with Crippen molar-refractivity contribution in [1.29, 1.82) is 0 Å². The quantitative estimate of drug-likeness (QED) is 0.798. The third kappa shape index (κ3) is 1.98. The van der Waals surface area contributed by atoms with Gasteiger partial charge < -0.3 is 9.64 Å². The van der Waals surface area contributed by atoms with Crippen LogP contribution in [0.5, 0.6) is 5.75 Å². The molecule has 2 nitrogen and oxygen atoms in total. The molecule has 0 radical (unpaired) electrons. The van der Waals surface area contributed by atoms with Crippen LogP contribution in [0.25, 0.3) is 0 Å². The van der Waals surface area contributed by atoms with Gasteiger partial charge in [-0.05, 0) is 37.1 Å². The molecule has 1 aliphatic rings. The Morgan fingerprint density at radius 1 is 1.33 bits per heavy atom. The summed E-state index contributed by atoms with van der Waals surface area (Å²) in [6.45, 7) is 10.4. The molecule has 0 saturated heterocycles. The van der Waals surface area contributed by atoms with E-state index in [1.54, 1.807) is 7.11 Å². The van der Waals surface area contributed by atoms with Gasteiger partial charge in [0.05, 0.1) is 7.11 Å². The summed E-state index contributed by atoms with van der Waals surface area (Å²) in [6.07, 6.45) is 2.50. The fourth-order valence-electron chi connectivity index (χ4n) is 2.87. The highest BCUT2D eigenvalue weighted by Crippen LogP contribution is 2.46. The first kappa shape index (κ1) is 13.3. The molecule has 1 heterocycles. The van der Waals surface area contributed by atoms with Gasteiger partial charge in [0.25, 0.3) is 0 Å². The van der Waals surface area contributed by atoms with Gasteiger partial charge in [-0.2, -0.15) is 0 Å².